The van der Waals surface area contributed by atoms with Crippen LogP contribution >= 0.6 is 0 Å². The summed E-state index contributed by atoms with van der Waals surface area (Å²) in [5.41, 5.74) is -0.584. The number of hydrogen-bond donors (Lipinski definition) is 0. The predicted octanol–water partition coefficient (Wildman–Crippen LogP) is 0.389. The predicted molar refractivity (Wildman–Crippen MR) is 106 cm³/mol. The van der Waals surface area contributed by atoms with Crippen LogP contribution in [0.15, 0.2) is 0 Å². The number of carbonyl (C=O) groups excluding carboxylic acids is 3. The third-order valence-electron chi connectivity index (χ3n) is 5.57. The molecule has 0 aromatic heterocycles. The Labute approximate surface area is 172 Å². The molecular weight excluding hydrogens is 376 g/mol. The third kappa shape index (κ3) is 5.82. The fourth-order valence-electron chi connectivity index (χ4n) is 4.00. The van der Waals surface area contributed by atoms with Crippen LogP contribution in [0, 0.1) is 0 Å². The molecule has 0 saturated carbocycles. The summed E-state index contributed by atoms with van der Waals surface area (Å²) in [6.07, 6.45) is 1.04. The number of morpholine rings is 1. The average molecular weight is 411 g/mol. The van der Waals surface area contributed by atoms with Gasteiger partial charge in [-0.15, -0.1) is 0 Å². The molecule has 0 aromatic carbocycles. The molecule has 9 nitrogen and oxygen atoms in total. The molecule has 0 aromatic rings. The first kappa shape index (κ1) is 21.8. The van der Waals surface area contributed by atoms with Gasteiger partial charge in [-0.25, -0.2) is 4.79 Å². The van der Waals surface area contributed by atoms with Crippen LogP contribution in [0.4, 0.5) is 4.79 Å². The molecule has 0 N–H and O–H groups in total. The van der Waals surface area contributed by atoms with Gasteiger partial charge in [0.15, 0.2) is 0 Å². The number of likely N-dealkylation sites (tertiary alicyclic amines) is 1. The second-order valence-electron chi connectivity index (χ2n) is 8.93. The Morgan fingerprint density at radius 1 is 0.931 bits per heavy atom. The molecule has 0 spiro atoms. The zero-order valence-electron chi connectivity index (χ0n) is 17.9. The molecule has 3 saturated heterocycles. The minimum atomic E-state index is -0.584. The average Bonchev–Trinajstić information content (AvgIpc) is 3.17. The molecular formula is C20H34N4O5. The molecule has 3 heterocycles. The van der Waals surface area contributed by atoms with Crippen LogP contribution in [-0.2, 0) is 19.1 Å². The Bertz CT molecular complexity index is 606. The SMILES string of the molecule is CC(C)(C)OC(=O)N1CCCC1C(=O)N1CCN(C(=O)CN2CCOCC2)CC1. The molecule has 3 rings (SSSR count). The van der Waals surface area contributed by atoms with Crippen molar-refractivity contribution in [2.24, 2.45) is 0 Å². The lowest BCUT2D eigenvalue weighted by molar-refractivity contribution is -0.143. The normalized spacial score (nSPS) is 24.0. The van der Waals surface area contributed by atoms with Crippen LogP contribution in [0.1, 0.15) is 33.6 Å². The number of amides is 3. The van der Waals surface area contributed by atoms with Crippen molar-refractivity contribution in [3.63, 3.8) is 0 Å². The van der Waals surface area contributed by atoms with E-state index in [1.807, 2.05) is 25.7 Å². The fourth-order valence-corrected chi connectivity index (χ4v) is 4.00. The number of rotatable bonds is 3. The summed E-state index contributed by atoms with van der Waals surface area (Å²) in [6.45, 7) is 11.4. The van der Waals surface area contributed by atoms with E-state index >= 15 is 0 Å². The van der Waals surface area contributed by atoms with E-state index in [4.69, 9.17) is 9.47 Å². The van der Waals surface area contributed by atoms with Gasteiger partial charge in [0.25, 0.3) is 0 Å². The van der Waals surface area contributed by atoms with Gasteiger partial charge in [-0.05, 0) is 33.6 Å². The van der Waals surface area contributed by atoms with E-state index in [2.05, 4.69) is 4.90 Å². The van der Waals surface area contributed by atoms with E-state index < -0.39 is 17.7 Å². The van der Waals surface area contributed by atoms with Crippen LogP contribution in [-0.4, -0.2) is 115 Å². The van der Waals surface area contributed by atoms with Crippen LogP contribution in [0.5, 0.6) is 0 Å². The molecule has 3 amide bonds. The standard InChI is InChI=1S/C20H34N4O5/c1-20(2,3)29-19(27)24-6-4-5-16(24)18(26)23-9-7-22(8-10-23)17(25)15-21-11-13-28-14-12-21/h16H,4-15H2,1-3H3. The van der Waals surface area contributed by atoms with E-state index in [0.29, 0.717) is 58.9 Å². The zero-order valence-corrected chi connectivity index (χ0v) is 17.9. The fraction of sp³-hybridized carbons (Fsp3) is 0.850. The summed E-state index contributed by atoms with van der Waals surface area (Å²) in [5.74, 6) is 0.0730. The Balaban J connectivity index is 1.48. The van der Waals surface area contributed by atoms with Crippen LogP contribution in [0.25, 0.3) is 0 Å². The van der Waals surface area contributed by atoms with Crippen molar-refractivity contribution in [2.75, 3.05) is 65.6 Å². The highest BCUT2D eigenvalue weighted by molar-refractivity contribution is 5.86. The van der Waals surface area contributed by atoms with Crippen molar-refractivity contribution >= 4 is 17.9 Å². The van der Waals surface area contributed by atoms with Gasteiger partial charge >= 0.3 is 6.09 Å². The molecule has 0 radical (unpaired) electrons. The van der Waals surface area contributed by atoms with Crippen molar-refractivity contribution < 1.29 is 23.9 Å². The van der Waals surface area contributed by atoms with Crippen molar-refractivity contribution in [3.8, 4) is 0 Å². The van der Waals surface area contributed by atoms with Crippen molar-refractivity contribution in [2.45, 2.75) is 45.3 Å². The molecule has 1 atom stereocenters. The summed E-state index contributed by atoms with van der Waals surface area (Å²) in [5, 5.41) is 0. The van der Waals surface area contributed by atoms with Crippen LogP contribution in [0.2, 0.25) is 0 Å². The van der Waals surface area contributed by atoms with Crippen molar-refractivity contribution in [1.82, 2.24) is 19.6 Å². The first-order valence-corrected chi connectivity index (χ1v) is 10.6. The molecule has 3 aliphatic heterocycles. The van der Waals surface area contributed by atoms with Gasteiger partial charge < -0.3 is 19.3 Å². The number of carbonyl (C=O) groups is 3. The second-order valence-corrected chi connectivity index (χ2v) is 8.93. The molecule has 0 bridgehead atoms. The van der Waals surface area contributed by atoms with Gasteiger partial charge in [-0.3, -0.25) is 19.4 Å². The van der Waals surface area contributed by atoms with E-state index in [9.17, 15) is 14.4 Å². The Morgan fingerprint density at radius 3 is 2.17 bits per heavy atom. The quantitative estimate of drug-likeness (QED) is 0.669. The van der Waals surface area contributed by atoms with Gasteiger partial charge in [0.2, 0.25) is 11.8 Å². The summed E-state index contributed by atoms with van der Waals surface area (Å²) in [6, 6.07) is -0.458. The lowest BCUT2D eigenvalue weighted by atomic mass is 10.1. The highest BCUT2D eigenvalue weighted by atomic mass is 16.6. The molecule has 0 aliphatic carbocycles. The summed E-state index contributed by atoms with van der Waals surface area (Å²) in [4.78, 5) is 45.3. The molecule has 3 fully saturated rings. The number of piperazine rings is 1. The molecule has 164 valence electrons. The first-order valence-electron chi connectivity index (χ1n) is 10.6. The van der Waals surface area contributed by atoms with Crippen LogP contribution < -0.4 is 0 Å². The number of hydrogen-bond acceptors (Lipinski definition) is 6. The van der Waals surface area contributed by atoms with Gasteiger partial charge in [0.1, 0.15) is 11.6 Å². The van der Waals surface area contributed by atoms with E-state index in [1.54, 1.807) is 9.80 Å². The Morgan fingerprint density at radius 2 is 1.55 bits per heavy atom. The number of nitrogens with zero attached hydrogens (tertiary/aromatic N) is 4. The van der Waals surface area contributed by atoms with Gasteiger partial charge in [-0.1, -0.05) is 0 Å². The lowest BCUT2D eigenvalue weighted by Crippen LogP contribution is -2.56. The van der Waals surface area contributed by atoms with E-state index in [-0.39, 0.29) is 11.8 Å². The third-order valence-corrected chi connectivity index (χ3v) is 5.57. The number of ether oxygens (including phenoxy) is 2. The molecule has 29 heavy (non-hydrogen) atoms. The second kappa shape index (κ2) is 9.30. The first-order chi connectivity index (χ1) is 13.7. The molecule has 9 heteroatoms. The minimum Gasteiger partial charge on any atom is -0.444 e. The van der Waals surface area contributed by atoms with E-state index in [1.165, 1.54) is 0 Å². The maximum Gasteiger partial charge on any atom is 0.410 e. The highest BCUT2D eigenvalue weighted by Crippen LogP contribution is 2.23. The highest BCUT2D eigenvalue weighted by Gasteiger charge is 2.39. The van der Waals surface area contributed by atoms with Gasteiger partial charge in [0, 0.05) is 45.8 Å². The smallest absolute Gasteiger partial charge is 0.410 e. The largest absolute Gasteiger partial charge is 0.444 e. The maximum atomic E-state index is 13.0. The van der Waals surface area contributed by atoms with Crippen LogP contribution in [0.3, 0.4) is 0 Å². The molecule has 1 unspecified atom stereocenters. The topological polar surface area (TPSA) is 82.6 Å². The van der Waals surface area contributed by atoms with Crippen molar-refractivity contribution in [1.29, 1.82) is 0 Å². The van der Waals surface area contributed by atoms with Gasteiger partial charge in [0.05, 0.1) is 19.8 Å². The Kier molecular flexibility index (Phi) is 7.00. The summed E-state index contributed by atoms with van der Waals surface area (Å²) in [7, 11) is 0. The zero-order chi connectivity index (χ0) is 21.0. The van der Waals surface area contributed by atoms with Crippen molar-refractivity contribution in [3.05, 3.63) is 0 Å². The Hall–Kier alpha value is -1.87. The minimum absolute atomic E-state index is 0.0337. The molecule has 3 aliphatic rings. The van der Waals surface area contributed by atoms with E-state index in [0.717, 1.165) is 19.5 Å². The lowest BCUT2D eigenvalue weighted by Gasteiger charge is -2.38. The maximum absolute atomic E-state index is 13.0. The van der Waals surface area contributed by atoms with Gasteiger partial charge in [-0.2, -0.15) is 0 Å². The monoisotopic (exact) mass is 410 g/mol. The summed E-state index contributed by atoms with van der Waals surface area (Å²) < 4.78 is 10.8. The summed E-state index contributed by atoms with van der Waals surface area (Å²) >= 11 is 0.